The van der Waals surface area contributed by atoms with Gasteiger partial charge in [-0.2, -0.15) is 0 Å². The van der Waals surface area contributed by atoms with Gasteiger partial charge in [-0.15, -0.1) is 11.3 Å². The fourth-order valence-corrected chi connectivity index (χ4v) is 3.09. The Bertz CT molecular complexity index is 669. The van der Waals surface area contributed by atoms with Gasteiger partial charge in [0, 0.05) is 4.88 Å². The molecule has 3 nitrogen and oxygen atoms in total. The average molecular weight is 314 g/mol. The second-order valence-electron chi connectivity index (χ2n) is 4.15. The molecule has 0 aliphatic rings. The molecule has 0 radical (unpaired) electrons. The fourth-order valence-electron chi connectivity index (χ4n) is 1.79. The monoisotopic (exact) mass is 313 g/mol. The molecule has 0 spiro atoms. The van der Waals surface area contributed by atoms with Crippen molar-refractivity contribution in [3.63, 3.8) is 0 Å². The maximum atomic E-state index is 13.2. The third kappa shape index (κ3) is 2.64. The van der Waals surface area contributed by atoms with Gasteiger partial charge in [-0.1, -0.05) is 17.7 Å². The van der Waals surface area contributed by atoms with E-state index in [1.54, 1.807) is 19.9 Å². The van der Waals surface area contributed by atoms with Crippen LogP contribution in [-0.4, -0.2) is 12.6 Å². The molecule has 0 unspecified atom stereocenters. The first-order chi connectivity index (χ1) is 9.45. The zero-order valence-corrected chi connectivity index (χ0v) is 12.6. The fraction of sp³-hybridized carbons (Fsp3) is 0.214. The summed E-state index contributed by atoms with van der Waals surface area (Å²) in [6.45, 7) is 3.82. The van der Waals surface area contributed by atoms with Crippen LogP contribution >= 0.6 is 22.9 Å². The standard InChI is InChI=1S/C14H13ClFNO2S/c1-3-19-14(18)13-11(17)7(2)12(20-13)8-4-5-10(16)9(15)6-8/h4-6H,3,17H2,1-2H3. The molecule has 0 saturated heterocycles. The maximum Gasteiger partial charge on any atom is 0.350 e. The highest BCUT2D eigenvalue weighted by Gasteiger charge is 2.20. The molecular formula is C14H13ClFNO2S. The van der Waals surface area contributed by atoms with E-state index in [1.165, 1.54) is 23.5 Å². The van der Waals surface area contributed by atoms with Crippen LogP contribution in [0.5, 0.6) is 0 Å². The Hall–Kier alpha value is -1.59. The van der Waals surface area contributed by atoms with Gasteiger partial charge in [0.05, 0.1) is 17.3 Å². The Labute approximate surface area is 125 Å². The predicted octanol–water partition coefficient (Wildman–Crippen LogP) is 4.27. The number of hydrogen-bond acceptors (Lipinski definition) is 4. The summed E-state index contributed by atoms with van der Waals surface area (Å²) in [6, 6.07) is 4.41. The number of hydrogen-bond donors (Lipinski definition) is 1. The zero-order chi connectivity index (χ0) is 14.9. The second-order valence-corrected chi connectivity index (χ2v) is 5.58. The van der Waals surface area contributed by atoms with Crippen LogP contribution in [-0.2, 0) is 4.74 Å². The zero-order valence-electron chi connectivity index (χ0n) is 11.0. The van der Waals surface area contributed by atoms with Gasteiger partial charge in [-0.25, -0.2) is 9.18 Å². The number of halogens is 2. The average Bonchev–Trinajstić information content (AvgIpc) is 2.70. The number of rotatable bonds is 3. The van der Waals surface area contributed by atoms with E-state index in [4.69, 9.17) is 22.1 Å². The van der Waals surface area contributed by atoms with Crippen LogP contribution in [0.1, 0.15) is 22.2 Å². The van der Waals surface area contributed by atoms with Crippen molar-refractivity contribution in [3.8, 4) is 10.4 Å². The van der Waals surface area contributed by atoms with Crippen LogP contribution in [0, 0.1) is 12.7 Å². The van der Waals surface area contributed by atoms with E-state index < -0.39 is 11.8 Å². The summed E-state index contributed by atoms with van der Waals surface area (Å²) in [5.74, 6) is -0.930. The summed E-state index contributed by atoms with van der Waals surface area (Å²) in [5.41, 5.74) is 7.82. The second kappa shape index (κ2) is 5.81. The van der Waals surface area contributed by atoms with Gasteiger partial charge in [0.1, 0.15) is 10.7 Å². The van der Waals surface area contributed by atoms with E-state index >= 15 is 0 Å². The lowest BCUT2D eigenvalue weighted by atomic mass is 10.1. The van der Waals surface area contributed by atoms with Crippen LogP contribution in [0.25, 0.3) is 10.4 Å². The molecule has 0 aliphatic carbocycles. The summed E-state index contributed by atoms with van der Waals surface area (Å²) in [6.07, 6.45) is 0. The van der Waals surface area contributed by atoms with Crippen molar-refractivity contribution >= 4 is 34.6 Å². The minimum absolute atomic E-state index is 0.0338. The molecule has 106 valence electrons. The van der Waals surface area contributed by atoms with Crippen molar-refractivity contribution in [3.05, 3.63) is 39.5 Å². The van der Waals surface area contributed by atoms with Gasteiger partial charge in [-0.3, -0.25) is 0 Å². The molecule has 1 heterocycles. The molecule has 0 aliphatic heterocycles. The maximum absolute atomic E-state index is 13.2. The highest BCUT2D eigenvalue weighted by molar-refractivity contribution is 7.18. The van der Waals surface area contributed by atoms with Crippen LogP contribution < -0.4 is 5.73 Å². The molecule has 1 aromatic carbocycles. The summed E-state index contributed by atoms with van der Waals surface area (Å²) in [5, 5.41) is 0.0338. The number of benzene rings is 1. The molecule has 0 fully saturated rings. The molecule has 2 aromatic rings. The number of carbonyl (C=O) groups excluding carboxylic acids is 1. The summed E-state index contributed by atoms with van der Waals surface area (Å²) in [4.78, 5) is 13.0. The Morgan fingerprint density at radius 1 is 1.50 bits per heavy atom. The normalized spacial score (nSPS) is 10.6. The Morgan fingerprint density at radius 3 is 2.80 bits per heavy atom. The van der Waals surface area contributed by atoms with Gasteiger partial charge in [0.25, 0.3) is 0 Å². The largest absolute Gasteiger partial charge is 0.462 e. The highest BCUT2D eigenvalue weighted by Crippen LogP contribution is 2.39. The number of carbonyl (C=O) groups is 1. The molecule has 2 N–H and O–H groups in total. The molecular weight excluding hydrogens is 301 g/mol. The van der Waals surface area contributed by atoms with Gasteiger partial charge in [0.15, 0.2) is 0 Å². The summed E-state index contributed by atoms with van der Waals surface area (Å²) in [7, 11) is 0. The summed E-state index contributed by atoms with van der Waals surface area (Å²) < 4.78 is 18.2. The summed E-state index contributed by atoms with van der Waals surface area (Å²) >= 11 is 7.00. The van der Waals surface area contributed by atoms with Crippen molar-refractivity contribution in [1.82, 2.24) is 0 Å². The van der Waals surface area contributed by atoms with Crippen LogP contribution in [0.15, 0.2) is 18.2 Å². The number of anilines is 1. The minimum Gasteiger partial charge on any atom is -0.462 e. The molecule has 2 rings (SSSR count). The number of thiophene rings is 1. The lowest BCUT2D eigenvalue weighted by Crippen LogP contribution is -2.05. The molecule has 0 atom stereocenters. The topological polar surface area (TPSA) is 52.3 Å². The third-order valence-electron chi connectivity index (χ3n) is 2.84. The van der Waals surface area contributed by atoms with E-state index in [1.807, 2.05) is 0 Å². The number of ether oxygens (including phenoxy) is 1. The first-order valence-electron chi connectivity index (χ1n) is 5.97. The van der Waals surface area contributed by atoms with Crippen LogP contribution in [0.4, 0.5) is 10.1 Å². The van der Waals surface area contributed by atoms with Gasteiger partial charge < -0.3 is 10.5 Å². The van der Waals surface area contributed by atoms with Crippen LogP contribution in [0.3, 0.4) is 0 Å². The Kier molecular flexibility index (Phi) is 4.30. The van der Waals surface area contributed by atoms with E-state index in [-0.39, 0.29) is 11.6 Å². The minimum atomic E-state index is -0.483. The first-order valence-corrected chi connectivity index (χ1v) is 7.16. The lowest BCUT2D eigenvalue weighted by Gasteiger charge is -2.01. The van der Waals surface area contributed by atoms with Crippen molar-refractivity contribution < 1.29 is 13.9 Å². The van der Waals surface area contributed by atoms with Crippen molar-refractivity contribution in [2.24, 2.45) is 0 Å². The molecule has 1 aromatic heterocycles. The van der Waals surface area contributed by atoms with Crippen molar-refractivity contribution in [1.29, 1.82) is 0 Å². The van der Waals surface area contributed by atoms with E-state index in [0.717, 1.165) is 16.0 Å². The van der Waals surface area contributed by atoms with E-state index in [2.05, 4.69) is 0 Å². The predicted molar refractivity (Wildman–Crippen MR) is 79.8 cm³/mol. The van der Waals surface area contributed by atoms with Gasteiger partial charge in [-0.05, 0) is 37.1 Å². The van der Waals surface area contributed by atoms with Crippen LogP contribution in [0.2, 0.25) is 5.02 Å². The Morgan fingerprint density at radius 2 is 2.20 bits per heavy atom. The molecule has 20 heavy (non-hydrogen) atoms. The lowest BCUT2D eigenvalue weighted by molar-refractivity contribution is 0.0533. The van der Waals surface area contributed by atoms with E-state index in [9.17, 15) is 9.18 Å². The van der Waals surface area contributed by atoms with Crippen molar-refractivity contribution in [2.75, 3.05) is 12.3 Å². The van der Waals surface area contributed by atoms with Gasteiger partial charge >= 0.3 is 5.97 Å². The molecule has 0 saturated carbocycles. The molecule has 0 amide bonds. The highest BCUT2D eigenvalue weighted by atomic mass is 35.5. The molecule has 0 bridgehead atoms. The third-order valence-corrected chi connectivity index (χ3v) is 4.46. The van der Waals surface area contributed by atoms with Crippen molar-refractivity contribution in [2.45, 2.75) is 13.8 Å². The SMILES string of the molecule is CCOC(=O)c1sc(-c2ccc(F)c(Cl)c2)c(C)c1N. The van der Waals surface area contributed by atoms with Gasteiger partial charge in [0.2, 0.25) is 0 Å². The van der Waals surface area contributed by atoms with E-state index in [0.29, 0.717) is 10.6 Å². The Balaban J connectivity index is 2.50. The smallest absolute Gasteiger partial charge is 0.350 e. The molecule has 6 heteroatoms. The number of nitrogen functional groups attached to an aromatic ring is 1. The number of nitrogens with two attached hydrogens (primary N) is 1. The quantitative estimate of drug-likeness (QED) is 0.861. The first kappa shape index (κ1) is 14.8. The number of esters is 1.